The van der Waals surface area contributed by atoms with Crippen LogP contribution in [0, 0.1) is 36.9 Å². The number of nitriles is 1. The zero-order valence-corrected chi connectivity index (χ0v) is 27.8. The van der Waals surface area contributed by atoms with Gasteiger partial charge in [0.2, 0.25) is 5.91 Å². The molecule has 0 aromatic heterocycles. The second kappa shape index (κ2) is 26.8. The fourth-order valence-corrected chi connectivity index (χ4v) is 3.97. The zero-order chi connectivity index (χ0) is 32.3. The van der Waals surface area contributed by atoms with Crippen molar-refractivity contribution in [1.29, 1.82) is 5.26 Å². The highest BCUT2D eigenvalue weighted by Gasteiger charge is 2.21. The molecule has 0 fully saturated rings. The number of benzene rings is 2. The van der Waals surface area contributed by atoms with Crippen molar-refractivity contribution in [3.63, 3.8) is 0 Å². The third-order valence-corrected chi connectivity index (χ3v) is 6.87. The number of aryl methyl sites for hydroxylation is 2. The number of amides is 1. The molecule has 2 aromatic rings. The number of carbonyl (C=O) groups excluding carboxylic acids is 2. The van der Waals surface area contributed by atoms with Gasteiger partial charge in [0, 0.05) is 19.4 Å². The standard InChI is InChI=1S/C16H15FO.C14H26N2O2.C4H10.C2H6/c1-11-3-4-15(10-16(11)17)14-6-5-13(7-8-18)12(2)9-14;1-4-6-7-8-13(18-3)11-12(5-2)14(17)16-10-9-15;1-3-4-2;1-2/h3-6,8-10H,7H2,1-2H3;12-13H,4-8,10-11H2,1-3H3,(H,16,17);3-4H2,1-2H3;1-2H3/t;12-,13?;;/m.1../s1. The SMILES string of the molecule is CC.CCCC.CCCCCC(C[C@@H](CC)C(=O)NCC#N)OC.Cc1ccc(-c2ccc(CC=O)c(C)c2)cc1F. The van der Waals surface area contributed by atoms with Gasteiger partial charge in [-0.2, -0.15) is 5.26 Å². The number of aldehydes is 1. The van der Waals surface area contributed by atoms with Crippen molar-refractivity contribution in [2.45, 2.75) is 119 Å². The Hall–Kier alpha value is -3.04. The highest BCUT2D eigenvalue weighted by atomic mass is 19.1. The Kier molecular flexibility index (Phi) is 26.3. The van der Waals surface area contributed by atoms with Gasteiger partial charge in [-0.1, -0.05) is 104 Å². The van der Waals surface area contributed by atoms with Gasteiger partial charge in [-0.3, -0.25) is 4.79 Å². The Morgan fingerprint density at radius 2 is 1.60 bits per heavy atom. The van der Waals surface area contributed by atoms with Crippen molar-refractivity contribution >= 4 is 12.2 Å². The van der Waals surface area contributed by atoms with Crippen LogP contribution in [0.3, 0.4) is 0 Å². The highest BCUT2D eigenvalue weighted by molar-refractivity contribution is 5.78. The van der Waals surface area contributed by atoms with Gasteiger partial charge in [0.1, 0.15) is 18.6 Å². The van der Waals surface area contributed by atoms with E-state index in [1.165, 1.54) is 25.7 Å². The van der Waals surface area contributed by atoms with E-state index in [1.54, 1.807) is 26.2 Å². The summed E-state index contributed by atoms with van der Waals surface area (Å²) in [5.74, 6) is -0.274. The fraction of sp³-hybridized carbons (Fsp3) is 0.583. The first-order valence-corrected chi connectivity index (χ1v) is 15.7. The maximum absolute atomic E-state index is 13.5. The number of unbranched alkanes of at least 4 members (excludes halogenated alkanes) is 3. The summed E-state index contributed by atoms with van der Waals surface area (Å²) < 4.78 is 19.0. The number of carbonyl (C=O) groups is 2. The highest BCUT2D eigenvalue weighted by Crippen LogP contribution is 2.24. The number of rotatable bonds is 14. The number of hydrogen-bond donors (Lipinski definition) is 1. The average Bonchev–Trinajstić information content (AvgIpc) is 3.01. The summed E-state index contributed by atoms with van der Waals surface area (Å²) in [4.78, 5) is 22.3. The molecule has 236 valence electrons. The molecule has 6 heteroatoms. The van der Waals surface area contributed by atoms with E-state index in [2.05, 4.69) is 26.1 Å². The van der Waals surface area contributed by atoms with E-state index < -0.39 is 0 Å². The number of nitrogens with one attached hydrogen (secondary N) is 1. The molecular formula is C36H57FN2O3. The zero-order valence-electron chi connectivity index (χ0n) is 27.8. The molecule has 0 aliphatic heterocycles. The first kappa shape index (κ1) is 41.1. The third-order valence-electron chi connectivity index (χ3n) is 6.87. The average molecular weight is 585 g/mol. The van der Waals surface area contributed by atoms with Gasteiger partial charge in [0.05, 0.1) is 12.2 Å². The quantitative estimate of drug-likeness (QED) is 0.136. The molecule has 1 unspecified atom stereocenters. The molecule has 0 aliphatic carbocycles. The molecule has 0 saturated carbocycles. The molecule has 0 heterocycles. The monoisotopic (exact) mass is 584 g/mol. The molecule has 5 nitrogen and oxygen atoms in total. The van der Waals surface area contributed by atoms with Crippen molar-refractivity contribution in [3.8, 4) is 17.2 Å². The number of ether oxygens (including phenoxy) is 1. The first-order chi connectivity index (χ1) is 20.2. The summed E-state index contributed by atoms with van der Waals surface area (Å²) in [5, 5.41) is 11.1. The molecule has 42 heavy (non-hydrogen) atoms. The summed E-state index contributed by atoms with van der Waals surface area (Å²) >= 11 is 0. The Balaban J connectivity index is 0. The van der Waals surface area contributed by atoms with Gasteiger partial charge in [-0.15, -0.1) is 0 Å². The molecule has 0 aliphatic rings. The molecular weight excluding hydrogens is 527 g/mol. The molecule has 2 atom stereocenters. The lowest BCUT2D eigenvalue weighted by molar-refractivity contribution is -0.126. The summed E-state index contributed by atoms with van der Waals surface area (Å²) in [5.41, 5.74) is 4.55. The van der Waals surface area contributed by atoms with Crippen LogP contribution in [0.2, 0.25) is 0 Å². The normalized spacial score (nSPS) is 11.2. The van der Waals surface area contributed by atoms with E-state index in [0.717, 1.165) is 54.2 Å². The number of nitrogens with zero attached hydrogens (tertiary/aromatic N) is 1. The second-order valence-electron chi connectivity index (χ2n) is 10.0. The van der Waals surface area contributed by atoms with E-state index in [4.69, 9.17) is 10.00 Å². The maximum atomic E-state index is 13.5. The Morgan fingerprint density at radius 3 is 2.07 bits per heavy atom. The topological polar surface area (TPSA) is 79.2 Å². The summed E-state index contributed by atoms with van der Waals surface area (Å²) in [6.45, 7) is 16.3. The van der Waals surface area contributed by atoms with E-state index in [0.29, 0.717) is 12.0 Å². The van der Waals surface area contributed by atoms with Gasteiger partial charge in [0.15, 0.2) is 0 Å². The fourth-order valence-electron chi connectivity index (χ4n) is 3.97. The van der Waals surface area contributed by atoms with E-state index in [9.17, 15) is 14.0 Å². The second-order valence-corrected chi connectivity index (χ2v) is 10.0. The molecule has 1 amide bonds. The largest absolute Gasteiger partial charge is 0.381 e. The van der Waals surface area contributed by atoms with Gasteiger partial charge in [-0.25, -0.2) is 4.39 Å². The lowest BCUT2D eigenvalue weighted by Gasteiger charge is -2.20. The predicted molar refractivity (Wildman–Crippen MR) is 175 cm³/mol. The predicted octanol–water partition coefficient (Wildman–Crippen LogP) is 9.32. The Bertz CT molecular complexity index is 1030. The van der Waals surface area contributed by atoms with Crippen molar-refractivity contribution in [3.05, 3.63) is 58.9 Å². The molecule has 2 aromatic carbocycles. The number of hydrogen-bond acceptors (Lipinski definition) is 4. The van der Waals surface area contributed by atoms with Crippen LogP contribution < -0.4 is 5.32 Å². The van der Waals surface area contributed by atoms with E-state index >= 15 is 0 Å². The molecule has 0 spiro atoms. The summed E-state index contributed by atoms with van der Waals surface area (Å²) in [7, 11) is 1.70. The van der Waals surface area contributed by atoms with Crippen molar-refractivity contribution < 1.29 is 18.7 Å². The van der Waals surface area contributed by atoms with Crippen LogP contribution in [0.15, 0.2) is 36.4 Å². The molecule has 1 N–H and O–H groups in total. The van der Waals surface area contributed by atoms with Crippen LogP contribution in [-0.4, -0.2) is 32.0 Å². The van der Waals surface area contributed by atoms with E-state index in [1.807, 2.05) is 58.0 Å². The number of methoxy groups -OCH3 is 1. The minimum absolute atomic E-state index is 0.0309. The third kappa shape index (κ3) is 17.7. The number of halogens is 1. The van der Waals surface area contributed by atoms with Crippen LogP contribution in [0.5, 0.6) is 0 Å². The maximum Gasteiger partial charge on any atom is 0.224 e. The minimum Gasteiger partial charge on any atom is -0.381 e. The lowest BCUT2D eigenvalue weighted by atomic mass is 9.95. The van der Waals surface area contributed by atoms with Crippen LogP contribution >= 0.6 is 0 Å². The van der Waals surface area contributed by atoms with Gasteiger partial charge in [0.25, 0.3) is 0 Å². The van der Waals surface area contributed by atoms with Crippen molar-refractivity contribution in [2.24, 2.45) is 5.92 Å². The molecule has 2 rings (SSSR count). The van der Waals surface area contributed by atoms with Gasteiger partial charge < -0.3 is 14.8 Å². The Morgan fingerprint density at radius 1 is 0.976 bits per heavy atom. The summed E-state index contributed by atoms with van der Waals surface area (Å²) in [6.07, 6.45) is 10.2. The summed E-state index contributed by atoms with van der Waals surface area (Å²) in [6, 6.07) is 13.0. The van der Waals surface area contributed by atoms with Crippen LogP contribution in [0.1, 0.15) is 110 Å². The van der Waals surface area contributed by atoms with Crippen molar-refractivity contribution in [1.82, 2.24) is 5.32 Å². The Labute approximate surface area is 256 Å². The molecule has 0 saturated heterocycles. The smallest absolute Gasteiger partial charge is 0.224 e. The van der Waals surface area contributed by atoms with Crippen LogP contribution in [0.25, 0.3) is 11.1 Å². The van der Waals surface area contributed by atoms with Crippen molar-refractivity contribution in [2.75, 3.05) is 13.7 Å². The first-order valence-electron chi connectivity index (χ1n) is 15.7. The lowest BCUT2D eigenvalue weighted by Crippen LogP contribution is -2.33. The minimum atomic E-state index is -0.192. The molecule has 0 bridgehead atoms. The van der Waals surface area contributed by atoms with Gasteiger partial charge in [-0.05, 0) is 67.0 Å². The van der Waals surface area contributed by atoms with Gasteiger partial charge >= 0.3 is 0 Å². The van der Waals surface area contributed by atoms with Crippen LogP contribution in [-0.2, 0) is 20.7 Å². The van der Waals surface area contributed by atoms with Crippen LogP contribution in [0.4, 0.5) is 4.39 Å². The van der Waals surface area contributed by atoms with E-state index in [-0.39, 0.29) is 30.3 Å². The molecule has 0 radical (unpaired) electrons.